The largest absolute Gasteiger partial charge is 0.418 e. The molecule has 3 aromatic carbocycles. The lowest BCUT2D eigenvalue weighted by molar-refractivity contribution is -0.137. The molecule has 4 rings (SSSR count). The van der Waals surface area contributed by atoms with Gasteiger partial charge in [-0.3, -0.25) is 4.79 Å². The molecule has 0 radical (unpaired) electrons. The number of carbonyl (C=O) groups excluding carboxylic acids is 1. The summed E-state index contributed by atoms with van der Waals surface area (Å²) in [4.78, 5) is 14.7. The SMILES string of the molecule is CN(C)CCNC(=O)c1cccc(-c2ccc(-c3ccc(Br)cc3)n2-c2ccccc2C(F)(F)F)c1.Cl. The van der Waals surface area contributed by atoms with Gasteiger partial charge < -0.3 is 14.8 Å². The van der Waals surface area contributed by atoms with Gasteiger partial charge >= 0.3 is 6.18 Å². The van der Waals surface area contributed by atoms with Gasteiger partial charge in [0, 0.05) is 23.1 Å². The molecule has 0 saturated carbocycles. The first kappa shape index (κ1) is 28.5. The van der Waals surface area contributed by atoms with E-state index in [4.69, 9.17) is 0 Å². The van der Waals surface area contributed by atoms with Crippen LogP contribution in [0.5, 0.6) is 0 Å². The maximum absolute atomic E-state index is 14.0. The van der Waals surface area contributed by atoms with Crippen LogP contribution in [0.4, 0.5) is 13.2 Å². The van der Waals surface area contributed by atoms with E-state index in [1.165, 1.54) is 12.1 Å². The number of nitrogens with zero attached hydrogens (tertiary/aromatic N) is 2. The van der Waals surface area contributed by atoms with Gasteiger partial charge in [0.25, 0.3) is 5.91 Å². The zero-order valence-electron chi connectivity index (χ0n) is 20.2. The van der Waals surface area contributed by atoms with E-state index in [2.05, 4.69) is 21.2 Å². The molecule has 194 valence electrons. The number of nitrogens with one attached hydrogen (secondary N) is 1. The van der Waals surface area contributed by atoms with E-state index in [9.17, 15) is 18.0 Å². The summed E-state index contributed by atoms with van der Waals surface area (Å²) in [6.07, 6.45) is -4.54. The Hall–Kier alpha value is -3.07. The molecule has 0 saturated heterocycles. The van der Waals surface area contributed by atoms with Crippen molar-refractivity contribution in [2.45, 2.75) is 6.18 Å². The number of amides is 1. The van der Waals surface area contributed by atoms with E-state index in [1.54, 1.807) is 47.0 Å². The molecule has 0 aliphatic carbocycles. The molecule has 0 bridgehead atoms. The molecule has 1 aromatic heterocycles. The van der Waals surface area contributed by atoms with Crippen LogP contribution in [-0.4, -0.2) is 42.6 Å². The normalized spacial score (nSPS) is 11.3. The molecule has 0 fully saturated rings. The second-order valence-electron chi connectivity index (χ2n) is 8.60. The van der Waals surface area contributed by atoms with Gasteiger partial charge in [-0.2, -0.15) is 13.2 Å². The zero-order valence-corrected chi connectivity index (χ0v) is 22.6. The number of aromatic nitrogens is 1. The number of halogens is 5. The van der Waals surface area contributed by atoms with Crippen molar-refractivity contribution in [3.05, 3.63) is 101 Å². The number of hydrogen-bond donors (Lipinski definition) is 1. The van der Waals surface area contributed by atoms with E-state index < -0.39 is 11.7 Å². The van der Waals surface area contributed by atoms with Gasteiger partial charge in [-0.25, -0.2) is 0 Å². The van der Waals surface area contributed by atoms with E-state index in [0.717, 1.165) is 16.1 Å². The Morgan fingerprint density at radius 3 is 2.19 bits per heavy atom. The average molecular weight is 593 g/mol. The third kappa shape index (κ3) is 6.63. The third-order valence-electron chi connectivity index (χ3n) is 5.74. The van der Waals surface area contributed by atoms with Crippen molar-refractivity contribution in [3.63, 3.8) is 0 Å². The van der Waals surface area contributed by atoms with Crippen molar-refractivity contribution in [2.24, 2.45) is 0 Å². The lowest BCUT2D eigenvalue weighted by Gasteiger charge is -2.19. The Morgan fingerprint density at radius 1 is 0.892 bits per heavy atom. The molecule has 9 heteroatoms. The standard InChI is InChI=1S/C28H25BrF3N3O.ClH/c1-34(2)17-16-33-27(36)21-7-5-6-20(18-21)25-15-14-24(19-10-12-22(29)13-11-19)35(25)26-9-4-3-8-23(26)28(30,31)32;/h3-15,18H,16-17H2,1-2H3,(H,33,36);1H. The molecule has 4 nitrogen and oxygen atoms in total. The highest BCUT2D eigenvalue weighted by atomic mass is 79.9. The van der Waals surface area contributed by atoms with Gasteiger partial charge in [-0.15, -0.1) is 12.4 Å². The summed E-state index contributed by atoms with van der Waals surface area (Å²) >= 11 is 3.41. The molecular weight excluding hydrogens is 567 g/mol. The maximum Gasteiger partial charge on any atom is 0.418 e. The summed E-state index contributed by atoms with van der Waals surface area (Å²) in [5, 5.41) is 2.88. The predicted molar refractivity (Wildman–Crippen MR) is 147 cm³/mol. The molecule has 0 spiro atoms. The molecule has 0 unspecified atom stereocenters. The van der Waals surface area contributed by atoms with Crippen LogP contribution >= 0.6 is 28.3 Å². The van der Waals surface area contributed by atoms with Gasteiger partial charge in [0.2, 0.25) is 0 Å². The van der Waals surface area contributed by atoms with Crippen molar-refractivity contribution in [1.82, 2.24) is 14.8 Å². The Bertz CT molecular complexity index is 1370. The highest BCUT2D eigenvalue weighted by Gasteiger charge is 2.34. The first-order valence-corrected chi connectivity index (χ1v) is 12.1. The van der Waals surface area contributed by atoms with Crippen LogP contribution in [-0.2, 0) is 6.18 Å². The second-order valence-corrected chi connectivity index (χ2v) is 9.52. The number of carbonyl (C=O) groups is 1. The van der Waals surface area contributed by atoms with Crippen LogP contribution in [0.2, 0.25) is 0 Å². The van der Waals surface area contributed by atoms with Crippen LogP contribution in [0.15, 0.2) is 89.4 Å². The Morgan fingerprint density at radius 2 is 1.54 bits per heavy atom. The molecule has 0 aliphatic heterocycles. The van der Waals surface area contributed by atoms with Crippen LogP contribution in [0.3, 0.4) is 0 Å². The number of likely N-dealkylation sites (N-methyl/N-ethyl adjacent to an activating group) is 1. The van der Waals surface area contributed by atoms with E-state index in [-0.39, 0.29) is 24.0 Å². The monoisotopic (exact) mass is 591 g/mol. The van der Waals surface area contributed by atoms with Gasteiger partial charge in [0.1, 0.15) is 0 Å². The summed E-state index contributed by atoms with van der Waals surface area (Å²) < 4.78 is 44.6. The molecule has 0 aliphatic rings. The molecule has 4 aromatic rings. The van der Waals surface area contributed by atoms with Crippen LogP contribution in [0, 0.1) is 0 Å². The van der Waals surface area contributed by atoms with Gasteiger partial charge in [0.15, 0.2) is 0 Å². The first-order valence-electron chi connectivity index (χ1n) is 11.3. The van der Waals surface area contributed by atoms with E-state index >= 15 is 0 Å². The molecule has 1 amide bonds. The lowest BCUT2D eigenvalue weighted by atomic mass is 10.1. The number of rotatable bonds is 7. The summed E-state index contributed by atoms with van der Waals surface area (Å²) in [7, 11) is 3.84. The molecule has 37 heavy (non-hydrogen) atoms. The third-order valence-corrected chi connectivity index (χ3v) is 6.26. The fraction of sp³-hybridized carbons (Fsp3) is 0.179. The van der Waals surface area contributed by atoms with Crippen molar-refractivity contribution in [1.29, 1.82) is 0 Å². The van der Waals surface area contributed by atoms with E-state index in [1.807, 2.05) is 43.3 Å². The summed E-state index contributed by atoms with van der Waals surface area (Å²) in [5.74, 6) is -0.236. The summed E-state index contributed by atoms with van der Waals surface area (Å²) in [5.41, 5.74) is 2.27. The Kier molecular flexibility index (Phi) is 9.23. The Labute approximate surface area is 228 Å². The molecule has 1 N–H and O–H groups in total. The average Bonchev–Trinajstić information content (AvgIpc) is 3.29. The number of alkyl halides is 3. The van der Waals surface area contributed by atoms with Crippen LogP contribution in [0.25, 0.3) is 28.2 Å². The molecular formula is C28H26BrClF3N3O. The maximum atomic E-state index is 14.0. The first-order chi connectivity index (χ1) is 17.1. The molecule has 1 heterocycles. The topological polar surface area (TPSA) is 37.3 Å². The van der Waals surface area contributed by atoms with Crippen molar-refractivity contribution in [2.75, 3.05) is 27.2 Å². The lowest BCUT2D eigenvalue weighted by Crippen LogP contribution is -2.31. The summed E-state index contributed by atoms with van der Waals surface area (Å²) in [6, 6.07) is 23.4. The predicted octanol–water partition coefficient (Wildman–Crippen LogP) is 7.31. The van der Waals surface area contributed by atoms with Crippen molar-refractivity contribution in [3.8, 4) is 28.2 Å². The van der Waals surface area contributed by atoms with Gasteiger partial charge in [0.05, 0.1) is 22.6 Å². The number of para-hydroxylation sites is 1. The Balaban J connectivity index is 0.00000380. The van der Waals surface area contributed by atoms with Crippen molar-refractivity contribution >= 4 is 34.2 Å². The number of benzene rings is 3. The highest BCUT2D eigenvalue weighted by Crippen LogP contribution is 2.39. The fourth-order valence-corrected chi connectivity index (χ4v) is 4.26. The smallest absolute Gasteiger partial charge is 0.351 e. The van der Waals surface area contributed by atoms with Crippen molar-refractivity contribution < 1.29 is 18.0 Å². The van der Waals surface area contributed by atoms with Gasteiger partial charge in [-0.1, -0.05) is 52.3 Å². The molecule has 0 atom stereocenters. The minimum atomic E-state index is -4.54. The highest BCUT2D eigenvalue weighted by molar-refractivity contribution is 9.10. The zero-order chi connectivity index (χ0) is 25.9. The second kappa shape index (κ2) is 12.0. The van der Waals surface area contributed by atoms with Gasteiger partial charge in [-0.05, 0) is 73.8 Å². The minimum Gasteiger partial charge on any atom is -0.351 e. The minimum absolute atomic E-state index is 0. The number of hydrogen-bond acceptors (Lipinski definition) is 2. The quantitative estimate of drug-likeness (QED) is 0.244. The summed E-state index contributed by atoms with van der Waals surface area (Å²) in [6.45, 7) is 1.18. The van der Waals surface area contributed by atoms with Crippen LogP contribution < -0.4 is 5.32 Å². The van der Waals surface area contributed by atoms with E-state index in [0.29, 0.717) is 35.6 Å². The fourth-order valence-electron chi connectivity index (χ4n) is 3.99. The van der Waals surface area contributed by atoms with Crippen LogP contribution in [0.1, 0.15) is 15.9 Å².